The highest BCUT2D eigenvalue weighted by molar-refractivity contribution is 5.69. The maximum Gasteiger partial charge on any atom is 0.410 e. The molecule has 4 heteroatoms. The lowest BCUT2D eigenvalue weighted by Crippen LogP contribution is -2.36. The number of hydrogen-bond acceptors (Lipinski definition) is 3. The van der Waals surface area contributed by atoms with Crippen LogP contribution in [-0.4, -0.2) is 35.7 Å². The van der Waals surface area contributed by atoms with Crippen molar-refractivity contribution >= 4 is 11.8 Å². The number of amides is 1. The molecule has 0 spiro atoms. The van der Waals surface area contributed by atoms with E-state index in [4.69, 9.17) is 4.74 Å². The van der Waals surface area contributed by atoms with Crippen LogP contribution in [0.15, 0.2) is 18.2 Å². The molecule has 1 aliphatic carbocycles. The molecule has 0 saturated carbocycles. The fourth-order valence-electron chi connectivity index (χ4n) is 3.51. The van der Waals surface area contributed by atoms with Crippen LogP contribution >= 0.6 is 0 Å². The van der Waals surface area contributed by atoms with Crippen LogP contribution in [0.2, 0.25) is 0 Å². The fraction of sp³-hybridized carbons (Fsp3) is 0.632. The molecule has 1 saturated heterocycles. The Morgan fingerprint density at radius 2 is 2.04 bits per heavy atom. The molecule has 1 atom stereocenters. The van der Waals surface area contributed by atoms with E-state index in [0.29, 0.717) is 6.04 Å². The predicted octanol–water partition coefficient (Wildman–Crippen LogP) is 3.99. The topological polar surface area (TPSA) is 41.6 Å². The molecule has 126 valence electrons. The molecule has 0 bridgehead atoms. The Bertz CT molecular complexity index is 577. The van der Waals surface area contributed by atoms with Gasteiger partial charge in [-0.05, 0) is 70.1 Å². The number of hydrogen-bond donors (Lipinski definition) is 1. The standard InChI is InChI=1S/C19H28N2O2/c1-19(2,3)23-18(22)21-12-11-15(13-21)20-17-10-6-8-14-7-4-5-9-16(14)17/h6,8,10,15,20H,4-5,7,9,11-13H2,1-3H3. The second-order valence-corrected chi connectivity index (χ2v) is 7.71. The molecule has 0 radical (unpaired) electrons. The van der Waals surface area contributed by atoms with Gasteiger partial charge < -0.3 is 15.0 Å². The summed E-state index contributed by atoms with van der Waals surface area (Å²) < 4.78 is 5.47. The SMILES string of the molecule is CC(C)(C)OC(=O)N1CCC(Nc2cccc3c2CCCC3)C1. The van der Waals surface area contributed by atoms with Gasteiger partial charge in [0.05, 0.1) is 0 Å². The quantitative estimate of drug-likeness (QED) is 0.897. The Kier molecular flexibility index (Phi) is 4.51. The van der Waals surface area contributed by atoms with E-state index in [1.165, 1.54) is 42.5 Å². The normalized spacial score (nSPS) is 21.0. The van der Waals surface area contributed by atoms with Crippen molar-refractivity contribution in [3.05, 3.63) is 29.3 Å². The van der Waals surface area contributed by atoms with Crippen molar-refractivity contribution in [2.24, 2.45) is 0 Å². The number of benzene rings is 1. The van der Waals surface area contributed by atoms with Crippen molar-refractivity contribution in [3.63, 3.8) is 0 Å². The summed E-state index contributed by atoms with van der Waals surface area (Å²) in [5.41, 5.74) is 3.80. The first kappa shape index (κ1) is 16.2. The van der Waals surface area contributed by atoms with Crippen LogP contribution in [0.3, 0.4) is 0 Å². The number of anilines is 1. The van der Waals surface area contributed by atoms with Crippen molar-refractivity contribution in [1.82, 2.24) is 4.90 Å². The molecule has 1 N–H and O–H groups in total. The molecular formula is C19H28N2O2. The maximum atomic E-state index is 12.2. The van der Waals surface area contributed by atoms with Gasteiger partial charge in [-0.1, -0.05) is 12.1 Å². The Morgan fingerprint density at radius 1 is 1.26 bits per heavy atom. The Balaban J connectivity index is 1.61. The first-order chi connectivity index (χ1) is 10.9. The summed E-state index contributed by atoms with van der Waals surface area (Å²) in [6.45, 7) is 7.22. The zero-order valence-electron chi connectivity index (χ0n) is 14.5. The fourth-order valence-corrected chi connectivity index (χ4v) is 3.51. The van der Waals surface area contributed by atoms with Gasteiger partial charge in [-0.2, -0.15) is 0 Å². The molecule has 1 fully saturated rings. The molecule has 1 aliphatic heterocycles. The van der Waals surface area contributed by atoms with Gasteiger partial charge in [-0.15, -0.1) is 0 Å². The molecule has 23 heavy (non-hydrogen) atoms. The van der Waals surface area contributed by atoms with Crippen molar-refractivity contribution in [1.29, 1.82) is 0 Å². The minimum absolute atomic E-state index is 0.197. The van der Waals surface area contributed by atoms with Crippen LogP contribution < -0.4 is 5.32 Å². The molecule has 1 heterocycles. The Morgan fingerprint density at radius 3 is 2.83 bits per heavy atom. The third kappa shape index (κ3) is 3.98. The van der Waals surface area contributed by atoms with Gasteiger partial charge in [0, 0.05) is 24.8 Å². The third-order valence-electron chi connectivity index (χ3n) is 4.60. The average molecular weight is 316 g/mol. The monoisotopic (exact) mass is 316 g/mol. The van der Waals surface area contributed by atoms with E-state index in [1.807, 2.05) is 25.7 Å². The van der Waals surface area contributed by atoms with E-state index in [-0.39, 0.29) is 6.09 Å². The summed E-state index contributed by atoms with van der Waals surface area (Å²) in [7, 11) is 0. The summed E-state index contributed by atoms with van der Waals surface area (Å²) in [5, 5.41) is 3.67. The van der Waals surface area contributed by atoms with Crippen molar-refractivity contribution in [3.8, 4) is 0 Å². The second kappa shape index (κ2) is 6.42. The van der Waals surface area contributed by atoms with Gasteiger partial charge in [0.25, 0.3) is 0 Å². The maximum absolute atomic E-state index is 12.2. The number of fused-ring (bicyclic) bond motifs is 1. The van der Waals surface area contributed by atoms with Gasteiger partial charge in [0.1, 0.15) is 5.60 Å². The van der Waals surface area contributed by atoms with Crippen LogP contribution in [0, 0.1) is 0 Å². The lowest BCUT2D eigenvalue weighted by Gasteiger charge is -2.25. The number of nitrogens with one attached hydrogen (secondary N) is 1. The summed E-state index contributed by atoms with van der Waals surface area (Å²) in [4.78, 5) is 14.0. The van der Waals surface area contributed by atoms with E-state index in [2.05, 4.69) is 23.5 Å². The molecule has 1 aromatic rings. The molecule has 0 aromatic heterocycles. The number of ether oxygens (including phenoxy) is 1. The highest BCUT2D eigenvalue weighted by Crippen LogP contribution is 2.29. The van der Waals surface area contributed by atoms with Crippen molar-refractivity contribution < 1.29 is 9.53 Å². The number of rotatable bonds is 2. The number of aryl methyl sites for hydroxylation is 1. The predicted molar refractivity (Wildman–Crippen MR) is 92.9 cm³/mol. The summed E-state index contributed by atoms with van der Waals surface area (Å²) in [6.07, 6.45) is 5.72. The minimum atomic E-state index is -0.429. The molecule has 1 amide bonds. The van der Waals surface area contributed by atoms with Crippen molar-refractivity contribution in [2.75, 3.05) is 18.4 Å². The first-order valence-corrected chi connectivity index (χ1v) is 8.77. The lowest BCUT2D eigenvalue weighted by atomic mass is 9.90. The van der Waals surface area contributed by atoms with E-state index < -0.39 is 5.60 Å². The van der Waals surface area contributed by atoms with E-state index in [1.54, 1.807) is 0 Å². The van der Waals surface area contributed by atoms with Crippen LogP contribution in [-0.2, 0) is 17.6 Å². The highest BCUT2D eigenvalue weighted by atomic mass is 16.6. The van der Waals surface area contributed by atoms with Gasteiger partial charge in [-0.3, -0.25) is 0 Å². The van der Waals surface area contributed by atoms with Gasteiger partial charge in [0.2, 0.25) is 0 Å². The third-order valence-corrected chi connectivity index (χ3v) is 4.60. The number of carbonyl (C=O) groups excluding carboxylic acids is 1. The molecule has 1 aromatic carbocycles. The number of carbonyl (C=O) groups is 1. The lowest BCUT2D eigenvalue weighted by molar-refractivity contribution is 0.0293. The van der Waals surface area contributed by atoms with E-state index in [9.17, 15) is 4.79 Å². The van der Waals surface area contributed by atoms with Gasteiger partial charge in [0.15, 0.2) is 0 Å². The number of nitrogens with zero attached hydrogens (tertiary/aromatic N) is 1. The Labute approximate surface area is 139 Å². The molecule has 3 rings (SSSR count). The van der Waals surface area contributed by atoms with Gasteiger partial charge >= 0.3 is 6.09 Å². The average Bonchev–Trinajstić information content (AvgIpc) is 2.95. The summed E-state index contributed by atoms with van der Waals surface area (Å²) >= 11 is 0. The summed E-state index contributed by atoms with van der Waals surface area (Å²) in [5.74, 6) is 0. The largest absolute Gasteiger partial charge is 0.444 e. The van der Waals surface area contributed by atoms with Crippen LogP contribution in [0.25, 0.3) is 0 Å². The number of likely N-dealkylation sites (tertiary alicyclic amines) is 1. The van der Waals surface area contributed by atoms with Crippen LogP contribution in [0.1, 0.15) is 51.2 Å². The molecule has 4 nitrogen and oxygen atoms in total. The zero-order valence-corrected chi connectivity index (χ0v) is 14.5. The summed E-state index contributed by atoms with van der Waals surface area (Å²) in [6, 6.07) is 6.89. The molecule has 1 unspecified atom stereocenters. The van der Waals surface area contributed by atoms with Crippen LogP contribution in [0.4, 0.5) is 10.5 Å². The van der Waals surface area contributed by atoms with Crippen molar-refractivity contribution in [2.45, 2.75) is 64.5 Å². The highest BCUT2D eigenvalue weighted by Gasteiger charge is 2.30. The minimum Gasteiger partial charge on any atom is -0.444 e. The van der Waals surface area contributed by atoms with E-state index >= 15 is 0 Å². The second-order valence-electron chi connectivity index (χ2n) is 7.71. The first-order valence-electron chi connectivity index (χ1n) is 8.77. The smallest absolute Gasteiger partial charge is 0.410 e. The van der Waals surface area contributed by atoms with Crippen LogP contribution in [0.5, 0.6) is 0 Å². The van der Waals surface area contributed by atoms with E-state index in [0.717, 1.165) is 19.5 Å². The zero-order chi connectivity index (χ0) is 16.4. The Hall–Kier alpha value is -1.71. The molecule has 2 aliphatic rings. The van der Waals surface area contributed by atoms with Gasteiger partial charge in [-0.25, -0.2) is 4.79 Å². The molecular weight excluding hydrogens is 288 g/mol.